The number of nitrogens with zero attached hydrogens (tertiary/aromatic N) is 2. The van der Waals surface area contributed by atoms with Crippen LogP contribution in [0.4, 0.5) is 0 Å². The van der Waals surface area contributed by atoms with E-state index in [9.17, 15) is 4.79 Å². The summed E-state index contributed by atoms with van der Waals surface area (Å²) >= 11 is 1.54. The van der Waals surface area contributed by atoms with Crippen molar-refractivity contribution in [2.24, 2.45) is 0 Å². The standard InChI is InChI=1S/C16H17N3O2S/c1-3-17-15(20)8-12-10-22-16-18-14(9-19(12)16)11-4-6-13(21-2)7-5-11/h4-7,9-10H,3,8H2,1-2H3,(H,17,20). The lowest BCUT2D eigenvalue weighted by molar-refractivity contribution is -0.120. The Balaban J connectivity index is 1.89. The minimum Gasteiger partial charge on any atom is -0.497 e. The second kappa shape index (κ2) is 6.19. The lowest BCUT2D eigenvalue weighted by Gasteiger charge is -2.01. The number of imidazole rings is 1. The number of thiazole rings is 1. The first-order valence-electron chi connectivity index (χ1n) is 7.08. The van der Waals surface area contributed by atoms with Crippen molar-refractivity contribution in [3.8, 4) is 17.0 Å². The number of likely N-dealkylation sites (N-methyl/N-ethyl adjacent to an activating group) is 1. The summed E-state index contributed by atoms with van der Waals surface area (Å²) in [6.45, 7) is 2.56. The molecule has 0 atom stereocenters. The van der Waals surface area contributed by atoms with E-state index in [-0.39, 0.29) is 5.91 Å². The molecule has 0 bridgehead atoms. The van der Waals surface area contributed by atoms with Gasteiger partial charge in [-0.15, -0.1) is 11.3 Å². The van der Waals surface area contributed by atoms with Crippen LogP contribution in [0.2, 0.25) is 0 Å². The van der Waals surface area contributed by atoms with Gasteiger partial charge in [-0.25, -0.2) is 4.98 Å². The predicted molar refractivity (Wildman–Crippen MR) is 87.4 cm³/mol. The molecule has 6 heteroatoms. The molecule has 0 saturated heterocycles. The zero-order valence-corrected chi connectivity index (χ0v) is 13.3. The van der Waals surface area contributed by atoms with Crippen LogP contribution in [0, 0.1) is 0 Å². The molecule has 0 spiro atoms. The van der Waals surface area contributed by atoms with Crippen molar-refractivity contribution in [3.63, 3.8) is 0 Å². The van der Waals surface area contributed by atoms with E-state index in [1.807, 2.05) is 47.2 Å². The predicted octanol–water partition coefficient (Wildman–Crippen LogP) is 2.75. The van der Waals surface area contributed by atoms with E-state index in [1.54, 1.807) is 18.4 Å². The highest BCUT2D eigenvalue weighted by Gasteiger charge is 2.12. The molecule has 0 radical (unpaired) electrons. The van der Waals surface area contributed by atoms with Gasteiger partial charge in [-0.1, -0.05) is 0 Å². The highest BCUT2D eigenvalue weighted by Crippen LogP contribution is 2.25. The summed E-state index contributed by atoms with van der Waals surface area (Å²) in [4.78, 5) is 17.3. The van der Waals surface area contributed by atoms with Gasteiger partial charge >= 0.3 is 0 Å². The molecule has 0 unspecified atom stereocenters. The van der Waals surface area contributed by atoms with Crippen LogP contribution in [0.5, 0.6) is 5.75 Å². The van der Waals surface area contributed by atoms with Gasteiger partial charge < -0.3 is 10.1 Å². The summed E-state index contributed by atoms with van der Waals surface area (Å²) in [6.07, 6.45) is 2.34. The van der Waals surface area contributed by atoms with E-state index < -0.39 is 0 Å². The number of ether oxygens (including phenoxy) is 1. The van der Waals surface area contributed by atoms with Crippen molar-refractivity contribution in [2.75, 3.05) is 13.7 Å². The molecule has 3 rings (SSSR count). The molecule has 114 valence electrons. The van der Waals surface area contributed by atoms with Crippen molar-refractivity contribution in [1.82, 2.24) is 14.7 Å². The van der Waals surface area contributed by atoms with Crippen LogP contribution in [0.3, 0.4) is 0 Å². The Labute approximate surface area is 132 Å². The van der Waals surface area contributed by atoms with Crippen LogP contribution in [0.1, 0.15) is 12.6 Å². The largest absolute Gasteiger partial charge is 0.497 e. The van der Waals surface area contributed by atoms with E-state index >= 15 is 0 Å². The van der Waals surface area contributed by atoms with Gasteiger partial charge in [-0.2, -0.15) is 0 Å². The average molecular weight is 315 g/mol. The molecular weight excluding hydrogens is 298 g/mol. The van der Waals surface area contributed by atoms with Crippen molar-refractivity contribution in [2.45, 2.75) is 13.3 Å². The molecule has 1 N–H and O–H groups in total. The number of carbonyl (C=O) groups excluding carboxylic acids is 1. The maximum atomic E-state index is 11.7. The molecule has 0 aliphatic heterocycles. The zero-order valence-electron chi connectivity index (χ0n) is 12.5. The zero-order chi connectivity index (χ0) is 15.5. The van der Waals surface area contributed by atoms with E-state index in [0.29, 0.717) is 13.0 Å². The number of fused-ring (bicyclic) bond motifs is 1. The number of nitrogens with one attached hydrogen (secondary N) is 1. The molecule has 0 aliphatic rings. The third-order valence-electron chi connectivity index (χ3n) is 3.38. The summed E-state index contributed by atoms with van der Waals surface area (Å²) in [5, 5.41) is 4.80. The fourth-order valence-electron chi connectivity index (χ4n) is 2.28. The van der Waals surface area contributed by atoms with E-state index in [2.05, 4.69) is 10.3 Å². The molecule has 2 heterocycles. The van der Waals surface area contributed by atoms with Gasteiger partial charge in [0.2, 0.25) is 5.91 Å². The van der Waals surface area contributed by atoms with Gasteiger partial charge in [0.1, 0.15) is 5.75 Å². The summed E-state index contributed by atoms with van der Waals surface area (Å²) in [5.41, 5.74) is 2.88. The number of aromatic nitrogens is 2. The Morgan fingerprint density at radius 3 is 2.82 bits per heavy atom. The van der Waals surface area contributed by atoms with Gasteiger partial charge in [0.05, 0.1) is 19.2 Å². The Morgan fingerprint density at radius 1 is 1.36 bits per heavy atom. The molecule has 0 aliphatic carbocycles. The number of carbonyl (C=O) groups is 1. The van der Waals surface area contributed by atoms with E-state index in [1.165, 1.54) is 0 Å². The smallest absolute Gasteiger partial charge is 0.225 e. The SMILES string of the molecule is CCNC(=O)Cc1csc2nc(-c3ccc(OC)cc3)cn12. The minimum absolute atomic E-state index is 0.0295. The fraction of sp³-hybridized carbons (Fsp3) is 0.250. The van der Waals surface area contributed by atoms with Gasteiger partial charge in [-0.3, -0.25) is 9.20 Å². The molecule has 22 heavy (non-hydrogen) atoms. The van der Waals surface area contributed by atoms with Crippen molar-refractivity contribution < 1.29 is 9.53 Å². The topological polar surface area (TPSA) is 55.6 Å². The molecular formula is C16H17N3O2S. The van der Waals surface area contributed by atoms with Gasteiger partial charge in [-0.05, 0) is 31.2 Å². The number of rotatable bonds is 5. The van der Waals surface area contributed by atoms with Crippen molar-refractivity contribution >= 4 is 22.2 Å². The summed E-state index contributed by atoms with van der Waals surface area (Å²) in [6, 6.07) is 7.79. The monoisotopic (exact) mass is 315 g/mol. The van der Waals surface area contributed by atoms with Crippen molar-refractivity contribution in [1.29, 1.82) is 0 Å². The molecule has 3 aromatic rings. The second-order valence-electron chi connectivity index (χ2n) is 4.86. The van der Waals surface area contributed by atoms with Gasteiger partial charge in [0, 0.05) is 29.4 Å². The first-order valence-corrected chi connectivity index (χ1v) is 7.96. The van der Waals surface area contributed by atoms with Gasteiger partial charge in [0.15, 0.2) is 4.96 Å². The first kappa shape index (κ1) is 14.6. The second-order valence-corrected chi connectivity index (χ2v) is 5.70. The number of amides is 1. The minimum atomic E-state index is 0.0295. The summed E-state index contributed by atoms with van der Waals surface area (Å²) in [5.74, 6) is 0.851. The number of methoxy groups -OCH3 is 1. The Kier molecular flexibility index (Phi) is 4.11. The van der Waals surface area contributed by atoms with Crippen LogP contribution in [-0.4, -0.2) is 28.9 Å². The Hall–Kier alpha value is -2.34. The fourth-order valence-corrected chi connectivity index (χ4v) is 3.15. The van der Waals surface area contributed by atoms with Crippen LogP contribution >= 0.6 is 11.3 Å². The number of hydrogen-bond acceptors (Lipinski definition) is 4. The maximum absolute atomic E-state index is 11.7. The first-order chi connectivity index (χ1) is 10.7. The van der Waals surface area contributed by atoms with Gasteiger partial charge in [0.25, 0.3) is 0 Å². The Morgan fingerprint density at radius 2 is 2.14 bits per heavy atom. The average Bonchev–Trinajstić information content (AvgIpc) is 3.10. The number of hydrogen-bond donors (Lipinski definition) is 1. The number of benzene rings is 1. The molecule has 0 saturated carbocycles. The van der Waals surface area contributed by atoms with Crippen LogP contribution in [0.15, 0.2) is 35.8 Å². The molecule has 0 fully saturated rings. The lowest BCUT2D eigenvalue weighted by atomic mass is 10.2. The molecule has 2 aromatic heterocycles. The van der Waals surface area contributed by atoms with Crippen LogP contribution < -0.4 is 10.1 Å². The molecule has 5 nitrogen and oxygen atoms in total. The highest BCUT2D eigenvalue weighted by molar-refractivity contribution is 7.15. The van der Waals surface area contributed by atoms with Crippen LogP contribution in [0.25, 0.3) is 16.2 Å². The van der Waals surface area contributed by atoms with Crippen LogP contribution in [-0.2, 0) is 11.2 Å². The van der Waals surface area contributed by atoms with Crippen molar-refractivity contribution in [3.05, 3.63) is 41.5 Å². The third kappa shape index (κ3) is 2.82. The third-order valence-corrected chi connectivity index (χ3v) is 4.27. The quantitative estimate of drug-likeness (QED) is 0.787. The van der Waals surface area contributed by atoms with E-state index in [4.69, 9.17) is 4.74 Å². The highest BCUT2D eigenvalue weighted by atomic mass is 32.1. The normalized spacial score (nSPS) is 10.8. The summed E-state index contributed by atoms with van der Waals surface area (Å²) < 4.78 is 7.15. The Bertz CT molecular complexity index is 789. The maximum Gasteiger partial charge on any atom is 0.225 e. The molecule has 1 aromatic carbocycles. The lowest BCUT2D eigenvalue weighted by Crippen LogP contribution is -2.24. The summed E-state index contributed by atoms with van der Waals surface area (Å²) in [7, 11) is 1.65. The molecule has 1 amide bonds. The van der Waals surface area contributed by atoms with E-state index in [0.717, 1.165) is 27.7 Å².